The number of amides is 1. The molecule has 6 rings (SSSR count). The molecule has 0 unspecified atom stereocenters. The highest BCUT2D eigenvalue weighted by Gasteiger charge is 2.51. The first-order chi connectivity index (χ1) is 14.9. The highest BCUT2D eigenvalue weighted by Crippen LogP contribution is 2.60. The normalized spacial score (nSPS) is 29.4. The molecule has 2 aromatic carbocycles. The van der Waals surface area contributed by atoms with Gasteiger partial charge in [0.15, 0.2) is 5.78 Å². The zero-order chi connectivity index (χ0) is 21.6. The second-order valence-corrected chi connectivity index (χ2v) is 10.3. The second kappa shape index (κ2) is 7.81. The Hall–Kier alpha value is -2.62. The predicted octanol–water partition coefficient (Wildman–Crippen LogP) is 5.80. The second-order valence-electron chi connectivity index (χ2n) is 10.3. The summed E-state index contributed by atoms with van der Waals surface area (Å²) in [5.41, 5.74) is 4.22. The minimum absolute atomic E-state index is 0.0184. The third kappa shape index (κ3) is 4.00. The number of hydrogen-bond acceptors (Lipinski definition) is 3. The molecular formula is C27H32N2O2. The Kier molecular flexibility index (Phi) is 5.11. The number of carbonyl (C=O) groups excluding carboxylic acids is 2. The number of nitrogens with one attached hydrogen (secondary N) is 2. The molecular weight excluding hydrogens is 384 g/mol. The molecule has 0 saturated heterocycles. The first-order valence-corrected chi connectivity index (χ1v) is 11.7. The van der Waals surface area contributed by atoms with Crippen LogP contribution in [0.3, 0.4) is 0 Å². The van der Waals surface area contributed by atoms with Crippen LogP contribution in [-0.4, -0.2) is 17.7 Å². The maximum Gasteiger partial charge on any atom is 0.246 e. The Morgan fingerprint density at radius 2 is 1.35 bits per heavy atom. The summed E-state index contributed by atoms with van der Waals surface area (Å²) in [5.74, 6) is 2.75. The molecule has 4 aliphatic carbocycles. The van der Waals surface area contributed by atoms with Crippen molar-refractivity contribution in [3.05, 3.63) is 59.7 Å². The van der Waals surface area contributed by atoms with Crippen molar-refractivity contribution in [1.82, 2.24) is 0 Å². The largest absolute Gasteiger partial charge is 0.374 e. The molecule has 4 fully saturated rings. The molecule has 2 N–H and O–H groups in total. The highest BCUT2D eigenvalue weighted by molar-refractivity contribution is 5.97. The molecule has 4 nitrogen and oxygen atoms in total. The van der Waals surface area contributed by atoms with Crippen molar-refractivity contribution in [2.24, 2.45) is 17.8 Å². The predicted molar refractivity (Wildman–Crippen MR) is 124 cm³/mol. The number of hydrogen-bond donors (Lipinski definition) is 2. The molecule has 0 aliphatic heterocycles. The van der Waals surface area contributed by atoms with E-state index in [0.717, 1.165) is 23.4 Å². The third-order valence-corrected chi connectivity index (χ3v) is 7.87. The Bertz CT molecular complexity index is 942. The average Bonchev–Trinajstić information content (AvgIpc) is 2.73. The van der Waals surface area contributed by atoms with Gasteiger partial charge in [-0.1, -0.05) is 12.1 Å². The van der Waals surface area contributed by atoms with Crippen LogP contribution in [0.1, 0.15) is 68.3 Å². The van der Waals surface area contributed by atoms with Gasteiger partial charge < -0.3 is 10.6 Å². The molecule has 4 saturated carbocycles. The maximum atomic E-state index is 12.6. The summed E-state index contributed by atoms with van der Waals surface area (Å²) in [7, 11) is 0. The lowest BCUT2D eigenvalue weighted by Gasteiger charge is -2.57. The zero-order valence-electron chi connectivity index (χ0n) is 18.5. The minimum Gasteiger partial charge on any atom is -0.374 e. The van der Waals surface area contributed by atoms with E-state index in [0.29, 0.717) is 16.7 Å². The molecule has 0 heterocycles. The van der Waals surface area contributed by atoms with Crippen LogP contribution in [-0.2, 0) is 10.2 Å². The molecule has 162 valence electrons. The Labute approximate surface area is 184 Å². The third-order valence-electron chi connectivity index (χ3n) is 7.87. The van der Waals surface area contributed by atoms with Crippen molar-refractivity contribution < 1.29 is 9.59 Å². The maximum absolute atomic E-state index is 12.6. The first kappa shape index (κ1) is 20.3. The average molecular weight is 417 g/mol. The van der Waals surface area contributed by atoms with Crippen molar-refractivity contribution in [2.75, 3.05) is 10.6 Å². The van der Waals surface area contributed by atoms with Gasteiger partial charge in [-0.3, -0.25) is 9.59 Å². The van der Waals surface area contributed by atoms with Crippen LogP contribution >= 0.6 is 0 Å². The lowest BCUT2D eigenvalue weighted by molar-refractivity contribution is -0.116. The number of carbonyl (C=O) groups is 2. The van der Waals surface area contributed by atoms with Gasteiger partial charge in [0, 0.05) is 16.9 Å². The summed E-state index contributed by atoms with van der Waals surface area (Å²) in [4.78, 5) is 24.0. The van der Waals surface area contributed by atoms with E-state index in [-0.39, 0.29) is 17.7 Å². The highest BCUT2D eigenvalue weighted by atomic mass is 16.2. The van der Waals surface area contributed by atoms with E-state index in [4.69, 9.17) is 0 Å². The summed E-state index contributed by atoms with van der Waals surface area (Å²) in [5, 5.41) is 6.24. The van der Waals surface area contributed by atoms with E-state index in [1.165, 1.54) is 51.0 Å². The van der Waals surface area contributed by atoms with Crippen molar-refractivity contribution >= 4 is 23.1 Å². The number of ketones is 1. The molecule has 4 heteroatoms. The fourth-order valence-corrected chi connectivity index (χ4v) is 6.74. The van der Waals surface area contributed by atoms with Gasteiger partial charge in [-0.2, -0.15) is 0 Å². The molecule has 1 amide bonds. The summed E-state index contributed by atoms with van der Waals surface area (Å²) < 4.78 is 0. The van der Waals surface area contributed by atoms with Gasteiger partial charge in [0.25, 0.3) is 0 Å². The standard InChI is InChI=1S/C27H32N2O2/c1-17(26(31)29-25-7-3-22(4-8-25)18(2)30)28-24-9-5-23(6-10-24)27-14-19-11-20(15-27)13-21(12-19)16-27/h3-10,17,19-21,28H,11-16H2,1-2H3,(H,29,31)/t17-,19?,20?,21?,27?/m1/s1. The smallest absolute Gasteiger partial charge is 0.246 e. The van der Waals surface area contributed by atoms with Crippen molar-refractivity contribution in [1.29, 1.82) is 0 Å². The van der Waals surface area contributed by atoms with Crippen LogP contribution in [0.4, 0.5) is 11.4 Å². The SMILES string of the molecule is CC(=O)c1ccc(NC(=O)[C@@H](C)Nc2ccc(C34CC5CC(CC(C5)C3)C4)cc2)cc1. The van der Waals surface area contributed by atoms with E-state index in [9.17, 15) is 9.59 Å². The van der Waals surface area contributed by atoms with Crippen molar-refractivity contribution in [3.8, 4) is 0 Å². The zero-order valence-corrected chi connectivity index (χ0v) is 18.5. The van der Waals surface area contributed by atoms with Gasteiger partial charge in [-0.05, 0) is 118 Å². The lowest BCUT2D eigenvalue weighted by atomic mass is 9.48. The topological polar surface area (TPSA) is 58.2 Å². The van der Waals surface area contributed by atoms with Gasteiger partial charge >= 0.3 is 0 Å². The van der Waals surface area contributed by atoms with Gasteiger partial charge in [-0.25, -0.2) is 0 Å². The Morgan fingerprint density at radius 3 is 1.87 bits per heavy atom. The van der Waals surface area contributed by atoms with Crippen LogP contribution in [0, 0.1) is 17.8 Å². The van der Waals surface area contributed by atoms with E-state index < -0.39 is 0 Å². The molecule has 0 spiro atoms. The minimum atomic E-state index is -0.363. The molecule has 31 heavy (non-hydrogen) atoms. The molecule has 0 radical (unpaired) electrons. The van der Waals surface area contributed by atoms with Gasteiger partial charge in [0.1, 0.15) is 6.04 Å². The van der Waals surface area contributed by atoms with E-state index in [1.54, 1.807) is 24.3 Å². The van der Waals surface area contributed by atoms with Crippen molar-refractivity contribution in [2.45, 2.75) is 63.8 Å². The summed E-state index contributed by atoms with van der Waals surface area (Å²) >= 11 is 0. The summed E-state index contributed by atoms with van der Waals surface area (Å²) in [6.45, 7) is 3.40. The molecule has 2 aromatic rings. The Balaban J connectivity index is 1.21. The van der Waals surface area contributed by atoms with Crippen LogP contribution in [0.15, 0.2) is 48.5 Å². The molecule has 1 atom stereocenters. The fourth-order valence-electron chi connectivity index (χ4n) is 6.74. The van der Waals surface area contributed by atoms with Gasteiger partial charge in [0.2, 0.25) is 5.91 Å². The van der Waals surface area contributed by atoms with Crippen LogP contribution in [0.5, 0.6) is 0 Å². The quantitative estimate of drug-likeness (QED) is 0.586. The van der Waals surface area contributed by atoms with E-state index >= 15 is 0 Å². The van der Waals surface area contributed by atoms with Crippen LogP contribution in [0.25, 0.3) is 0 Å². The van der Waals surface area contributed by atoms with Gasteiger partial charge in [0.05, 0.1) is 0 Å². The molecule has 4 bridgehead atoms. The fraction of sp³-hybridized carbons (Fsp3) is 0.481. The monoisotopic (exact) mass is 416 g/mol. The van der Waals surface area contributed by atoms with E-state index in [2.05, 4.69) is 34.9 Å². The lowest BCUT2D eigenvalue weighted by Crippen LogP contribution is -2.48. The van der Waals surface area contributed by atoms with Gasteiger partial charge in [-0.15, -0.1) is 0 Å². The van der Waals surface area contributed by atoms with Crippen LogP contribution in [0.2, 0.25) is 0 Å². The van der Waals surface area contributed by atoms with E-state index in [1.807, 2.05) is 6.92 Å². The number of rotatable bonds is 6. The molecule has 0 aromatic heterocycles. The summed E-state index contributed by atoms with van der Waals surface area (Å²) in [6.07, 6.45) is 8.49. The summed E-state index contributed by atoms with van der Waals surface area (Å²) in [6, 6.07) is 15.5. The van der Waals surface area contributed by atoms with Crippen LogP contribution < -0.4 is 10.6 Å². The number of Topliss-reactive ketones (excluding diaryl/α,β-unsaturated/α-hetero) is 1. The first-order valence-electron chi connectivity index (χ1n) is 11.7. The van der Waals surface area contributed by atoms with Crippen molar-refractivity contribution in [3.63, 3.8) is 0 Å². The number of anilines is 2. The Morgan fingerprint density at radius 1 is 0.839 bits per heavy atom. The number of benzene rings is 2. The molecule has 4 aliphatic rings.